The SMILES string of the molecule is CCNC(=NCCCN1CCC(C)CC1)NCCc1ccc(NC(C)=O)cc1. The molecule has 1 saturated heterocycles. The second-order valence-electron chi connectivity index (χ2n) is 7.69. The maximum Gasteiger partial charge on any atom is 0.221 e. The Balaban J connectivity index is 1.68. The van der Waals surface area contributed by atoms with Crippen molar-refractivity contribution in [3.63, 3.8) is 0 Å². The van der Waals surface area contributed by atoms with Crippen LogP contribution < -0.4 is 16.0 Å². The highest BCUT2D eigenvalue weighted by molar-refractivity contribution is 5.88. The lowest BCUT2D eigenvalue weighted by Gasteiger charge is -2.29. The molecule has 0 bridgehead atoms. The largest absolute Gasteiger partial charge is 0.357 e. The van der Waals surface area contributed by atoms with E-state index in [0.717, 1.165) is 56.6 Å². The summed E-state index contributed by atoms with van der Waals surface area (Å²) in [5.74, 6) is 1.74. The highest BCUT2D eigenvalue weighted by atomic mass is 16.1. The number of amides is 1. The topological polar surface area (TPSA) is 68.8 Å². The molecule has 1 fully saturated rings. The van der Waals surface area contributed by atoms with E-state index in [1.165, 1.54) is 38.4 Å². The van der Waals surface area contributed by atoms with E-state index >= 15 is 0 Å². The molecule has 6 heteroatoms. The monoisotopic (exact) mass is 387 g/mol. The molecule has 0 unspecified atom stereocenters. The van der Waals surface area contributed by atoms with Gasteiger partial charge in [-0.15, -0.1) is 0 Å². The second-order valence-corrected chi connectivity index (χ2v) is 7.69. The van der Waals surface area contributed by atoms with Gasteiger partial charge in [0.15, 0.2) is 5.96 Å². The van der Waals surface area contributed by atoms with E-state index in [1.54, 1.807) is 0 Å². The third-order valence-corrected chi connectivity index (χ3v) is 5.10. The lowest BCUT2D eigenvalue weighted by atomic mass is 9.99. The van der Waals surface area contributed by atoms with Gasteiger partial charge in [-0.25, -0.2) is 0 Å². The smallest absolute Gasteiger partial charge is 0.221 e. The Morgan fingerprint density at radius 3 is 2.54 bits per heavy atom. The van der Waals surface area contributed by atoms with E-state index in [2.05, 4.69) is 46.8 Å². The van der Waals surface area contributed by atoms with Crippen LogP contribution in [0, 0.1) is 5.92 Å². The van der Waals surface area contributed by atoms with Gasteiger partial charge in [-0.2, -0.15) is 0 Å². The molecule has 0 radical (unpaired) electrons. The minimum absolute atomic E-state index is 0.0456. The Labute approximate surface area is 170 Å². The third kappa shape index (κ3) is 8.74. The average Bonchev–Trinajstić information content (AvgIpc) is 2.67. The van der Waals surface area contributed by atoms with Gasteiger partial charge in [-0.1, -0.05) is 19.1 Å². The molecule has 1 aliphatic rings. The highest BCUT2D eigenvalue weighted by Gasteiger charge is 2.14. The van der Waals surface area contributed by atoms with Crippen molar-refractivity contribution in [3.05, 3.63) is 29.8 Å². The standard InChI is InChI=1S/C22H37N5O/c1-4-23-22(24-13-5-15-27-16-11-18(2)12-17-27)25-14-10-20-6-8-21(9-7-20)26-19(3)28/h6-9,18H,4-5,10-17H2,1-3H3,(H,26,28)(H2,23,24,25). The zero-order valence-electron chi connectivity index (χ0n) is 17.8. The van der Waals surface area contributed by atoms with Crippen LogP contribution in [0.5, 0.6) is 0 Å². The van der Waals surface area contributed by atoms with Crippen LogP contribution in [0.3, 0.4) is 0 Å². The summed E-state index contributed by atoms with van der Waals surface area (Å²) < 4.78 is 0. The van der Waals surface area contributed by atoms with Crippen LogP contribution in [0.4, 0.5) is 5.69 Å². The van der Waals surface area contributed by atoms with Crippen molar-refractivity contribution in [2.45, 2.75) is 46.5 Å². The average molecular weight is 388 g/mol. The van der Waals surface area contributed by atoms with Crippen LogP contribution in [0.15, 0.2) is 29.3 Å². The second kappa shape index (κ2) is 12.4. The Morgan fingerprint density at radius 2 is 1.89 bits per heavy atom. The first-order chi connectivity index (χ1) is 13.6. The molecule has 0 aliphatic carbocycles. The molecule has 1 aliphatic heterocycles. The maximum absolute atomic E-state index is 11.1. The molecule has 28 heavy (non-hydrogen) atoms. The van der Waals surface area contributed by atoms with Crippen molar-refractivity contribution >= 4 is 17.6 Å². The van der Waals surface area contributed by atoms with E-state index in [4.69, 9.17) is 4.99 Å². The number of piperidine rings is 1. The highest BCUT2D eigenvalue weighted by Crippen LogP contribution is 2.15. The van der Waals surface area contributed by atoms with Crippen LogP contribution in [0.1, 0.15) is 45.6 Å². The molecule has 0 atom stereocenters. The van der Waals surface area contributed by atoms with Crippen molar-refractivity contribution < 1.29 is 4.79 Å². The van der Waals surface area contributed by atoms with Gasteiger partial charge in [-0.05, 0) is 75.9 Å². The number of anilines is 1. The first-order valence-electron chi connectivity index (χ1n) is 10.7. The maximum atomic E-state index is 11.1. The number of hydrogen-bond acceptors (Lipinski definition) is 3. The number of nitrogens with zero attached hydrogens (tertiary/aromatic N) is 2. The van der Waals surface area contributed by atoms with Crippen LogP contribution in [0.2, 0.25) is 0 Å². The number of guanidine groups is 1. The molecule has 6 nitrogen and oxygen atoms in total. The molecule has 1 heterocycles. The van der Waals surface area contributed by atoms with Gasteiger partial charge >= 0.3 is 0 Å². The summed E-state index contributed by atoms with van der Waals surface area (Å²) in [6.45, 7) is 12.1. The molecular weight excluding hydrogens is 350 g/mol. The lowest BCUT2D eigenvalue weighted by Crippen LogP contribution is -2.38. The van der Waals surface area contributed by atoms with Gasteiger partial charge in [0.05, 0.1) is 0 Å². The predicted molar refractivity (Wildman–Crippen MR) is 118 cm³/mol. The van der Waals surface area contributed by atoms with E-state index < -0.39 is 0 Å². The predicted octanol–water partition coefficient (Wildman–Crippen LogP) is 2.86. The molecule has 3 N–H and O–H groups in total. The van der Waals surface area contributed by atoms with E-state index in [1.807, 2.05) is 12.1 Å². The minimum Gasteiger partial charge on any atom is -0.357 e. The van der Waals surface area contributed by atoms with Crippen molar-refractivity contribution in [2.75, 3.05) is 44.6 Å². The summed E-state index contributed by atoms with van der Waals surface area (Å²) in [7, 11) is 0. The number of carbonyl (C=O) groups excluding carboxylic acids is 1. The van der Waals surface area contributed by atoms with Gasteiger partial charge in [0.1, 0.15) is 0 Å². The fraction of sp³-hybridized carbons (Fsp3) is 0.636. The molecule has 0 saturated carbocycles. The summed E-state index contributed by atoms with van der Waals surface area (Å²) >= 11 is 0. The Morgan fingerprint density at radius 1 is 1.18 bits per heavy atom. The number of likely N-dealkylation sites (tertiary alicyclic amines) is 1. The summed E-state index contributed by atoms with van der Waals surface area (Å²) in [6.07, 6.45) is 4.69. The quantitative estimate of drug-likeness (QED) is 0.346. The minimum atomic E-state index is -0.0456. The van der Waals surface area contributed by atoms with Gasteiger partial charge in [0.2, 0.25) is 5.91 Å². The molecule has 0 aromatic heterocycles. The van der Waals surface area contributed by atoms with Gasteiger partial charge in [0, 0.05) is 32.2 Å². The molecule has 0 spiro atoms. The normalized spacial score (nSPS) is 16.0. The molecule has 156 valence electrons. The van der Waals surface area contributed by atoms with Gasteiger partial charge in [-0.3, -0.25) is 9.79 Å². The summed E-state index contributed by atoms with van der Waals surface area (Å²) in [6, 6.07) is 7.99. The first kappa shape index (κ1) is 22.2. The summed E-state index contributed by atoms with van der Waals surface area (Å²) in [5.41, 5.74) is 2.07. The summed E-state index contributed by atoms with van der Waals surface area (Å²) in [4.78, 5) is 18.4. The number of hydrogen-bond donors (Lipinski definition) is 3. The number of aliphatic imine (C=N–C) groups is 1. The first-order valence-corrected chi connectivity index (χ1v) is 10.7. The number of benzene rings is 1. The van der Waals surface area contributed by atoms with Crippen LogP contribution >= 0.6 is 0 Å². The molecule has 2 rings (SSSR count). The molecular formula is C22H37N5O. The van der Waals surface area contributed by atoms with Crippen LogP contribution in [0.25, 0.3) is 0 Å². The lowest BCUT2D eigenvalue weighted by molar-refractivity contribution is -0.114. The van der Waals surface area contributed by atoms with Crippen LogP contribution in [-0.2, 0) is 11.2 Å². The van der Waals surface area contributed by atoms with Crippen molar-refractivity contribution in [1.29, 1.82) is 0 Å². The fourth-order valence-corrected chi connectivity index (χ4v) is 3.40. The number of carbonyl (C=O) groups is 1. The van der Waals surface area contributed by atoms with E-state index in [0.29, 0.717) is 0 Å². The Kier molecular flexibility index (Phi) is 9.83. The van der Waals surface area contributed by atoms with Gasteiger partial charge < -0.3 is 20.9 Å². The number of rotatable bonds is 9. The van der Waals surface area contributed by atoms with Crippen molar-refractivity contribution in [1.82, 2.24) is 15.5 Å². The number of nitrogens with one attached hydrogen (secondary N) is 3. The van der Waals surface area contributed by atoms with Crippen LogP contribution in [-0.4, -0.2) is 56.0 Å². The van der Waals surface area contributed by atoms with Gasteiger partial charge in [0.25, 0.3) is 0 Å². The summed E-state index contributed by atoms with van der Waals surface area (Å²) in [5, 5.41) is 9.53. The molecule has 1 aromatic rings. The zero-order chi connectivity index (χ0) is 20.2. The molecule has 1 aromatic carbocycles. The van der Waals surface area contributed by atoms with Crippen molar-refractivity contribution in [3.8, 4) is 0 Å². The third-order valence-electron chi connectivity index (χ3n) is 5.10. The van der Waals surface area contributed by atoms with Crippen molar-refractivity contribution in [2.24, 2.45) is 10.9 Å². The molecule has 1 amide bonds. The van der Waals surface area contributed by atoms with E-state index in [9.17, 15) is 4.79 Å². The van der Waals surface area contributed by atoms with E-state index in [-0.39, 0.29) is 5.91 Å². The Bertz CT molecular complexity index is 606. The fourth-order valence-electron chi connectivity index (χ4n) is 3.40. The zero-order valence-corrected chi connectivity index (χ0v) is 17.8. The Hall–Kier alpha value is -2.08.